The highest BCUT2D eigenvalue weighted by Gasteiger charge is 2.19. The predicted octanol–water partition coefficient (Wildman–Crippen LogP) is 15.4. The molecule has 0 aromatic heterocycles. The topological polar surface area (TPSA) is 78.9 Å². The van der Waals surface area contributed by atoms with E-state index < -0.39 is 6.10 Å². The fraction of sp³-hybridized carbons (Fsp3) is 0.898. The van der Waals surface area contributed by atoms with Crippen LogP contribution in [0.25, 0.3) is 0 Å². The predicted molar refractivity (Wildman–Crippen MR) is 233 cm³/mol. The molecule has 0 spiro atoms. The summed E-state index contributed by atoms with van der Waals surface area (Å²) in [5.41, 5.74) is 0. The molecule has 0 saturated carbocycles. The van der Waals surface area contributed by atoms with Crippen LogP contribution in [0, 0.1) is 0 Å². The van der Waals surface area contributed by atoms with Crippen LogP contribution in [0.5, 0.6) is 0 Å². The monoisotopic (exact) mass is 777 g/mol. The van der Waals surface area contributed by atoms with E-state index in [9.17, 15) is 14.4 Å². The van der Waals surface area contributed by atoms with E-state index in [1.165, 1.54) is 161 Å². The van der Waals surface area contributed by atoms with Crippen LogP contribution in [0.1, 0.15) is 265 Å². The summed E-state index contributed by atoms with van der Waals surface area (Å²) < 4.78 is 16.7. The first-order valence-electron chi connectivity index (χ1n) is 24.2. The largest absolute Gasteiger partial charge is 0.462 e. The van der Waals surface area contributed by atoms with Crippen molar-refractivity contribution >= 4 is 17.9 Å². The SMILES string of the molecule is CCCCCCCCC/C=C\CCCCCC(=O)OCC(COC(=O)CCCCCCCCCCC)OC(=O)CCCCCCCCCCCCCCCC. The molecule has 6 heteroatoms. The van der Waals surface area contributed by atoms with E-state index in [1.54, 1.807) is 0 Å². The summed E-state index contributed by atoms with van der Waals surface area (Å²) in [5.74, 6) is -0.878. The molecule has 0 saturated heterocycles. The second kappa shape index (κ2) is 44.9. The van der Waals surface area contributed by atoms with Gasteiger partial charge in [0.2, 0.25) is 0 Å². The Bertz CT molecular complexity index is 854. The zero-order chi connectivity index (χ0) is 40.1. The molecule has 0 amide bonds. The van der Waals surface area contributed by atoms with E-state index in [4.69, 9.17) is 14.2 Å². The van der Waals surface area contributed by atoms with Crippen molar-refractivity contribution < 1.29 is 28.6 Å². The highest BCUT2D eigenvalue weighted by molar-refractivity contribution is 5.71. The molecule has 6 nitrogen and oxygen atoms in total. The van der Waals surface area contributed by atoms with Gasteiger partial charge >= 0.3 is 17.9 Å². The van der Waals surface area contributed by atoms with Gasteiger partial charge in [-0.05, 0) is 44.9 Å². The minimum atomic E-state index is -0.767. The Morgan fingerprint density at radius 3 is 0.927 bits per heavy atom. The van der Waals surface area contributed by atoms with Crippen LogP contribution in [-0.2, 0) is 28.6 Å². The van der Waals surface area contributed by atoms with Gasteiger partial charge in [0.25, 0.3) is 0 Å². The number of allylic oxidation sites excluding steroid dienone is 2. The average Bonchev–Trinajstić information content (AvgIpc) is 3.18. The van der Waals surface area contributed by atoms with Gasteiger partial charge in [-0.1, -0.05) is 213 Å². The van der Waals surface area contributed by atoms with Gasteiger partial charge in [-0.3, -0.25) is 14.4 Å². The Balaban J connectivity index is 4.33. The van der Waals surface area contributed by atoms with E-state index in [0.29, 0.717) is 19.3 Å². The lowest BCUT2D eigenvalue weighted by atomic mass is 10.0. The fourth-order valence-corrected chi connectivity index (χ4v) is 7.08. The Kier molecular flexibility index (Phi) is 43.4. The van der Waals surface area contributed by atoms with Crippen molar-refractivity contribution in [1.82, 2.24) is 0 Å². The highest BCUT2D eigenvalue weighted by Crippen LogP contribution is 2.15. The molecule has 0 bridgehead atoms. The Labute approximate surface area is 341 Å². The molecular weight excluding hydrogens is 685 g/mol. The van der Waals surface area contributed by atoms with Gasteiger partial charge in [-0.25, -0.2) is 0 Å². The maximum absolute atomic E-state index is 12.7. The summed E-state index contributed by atoms with van der Waals surface area (Å²) in [6, 6.07) is 0. The van der Waals surface area contributed by atoms with Crippen LogP contribution < -0.4 is 0 Å². The molecule has 1 unspecified atom stereocenters. The first-order valence-corrected chi connectivity index (χ1v) is 24.2. The summed E-state index contributed by atoms with van der Waals surface area (Å²) >= 11 is 0. The molecule has 1 atom stereocenters. The van der Waals surface area contributed by atoms with Gasteiger partial charge in [0.15, 0.2) is 6.10 Å². The van der Waals surface area contributed by atoms with Crippen LogP contribution in [0.4, 0.5) is 0 Å². The average molecular weight is 777 g/mol. The number of esters is 3. The van der Waals surface area contributed by atoms with Crippen molar-refractivity contribution in [3.8, 4) is 0 Å². The van der Waals surface area contributed by atoms with E-state index in [2.05, 4.69) is 32.9 Å². The number of carbonyl (C=O) groups excluding carboxylic acids is 3. The van der Waals surface area contributed by atoms with Gasteiger partial charge in [0.05, 0.1) is 0 Å². The van der Waals surface area contributed by atoms with Crippen molar-refractivity contribution in [3.63, 3.8) is 0 Å². The third-order valence-corrected chi connectivity index (χ3v) is 10.8. The van der Waals surface area contributed by atoms with Crippen molar-refractivity contribution in [2.75, 3.05) is 13.2 Å². The lowest BCUT2D eigenvalue weighted by Gasteiger charge is -2.18. The smallest absolute Gasteiger partial charge is 0.306 e. The molecule has 0 aliphatic carbocycles. The van der Waals surface area contributed by atoms with Crippen LogP contribution in [-0.4, -0.2) is 37.2 Å². The summed E-state index contributed by atoms with van der Waals surface area (Å²) in [7, 11) is 0. The molecule has 55 heavy (non-hydrogen) atoms. The first-order chi connectivity index (χ1) is 27.0. The molecule has 0 aromatic carbocycles. The molecule has 324 valence electrons. The molecule has 0 aromatic rings. The number of rotatable bonds is 44. The lowest BCUT2D eigenvalue weighted by molar-refractivity contribution is -0.167. The minimum absolute atomic E-state index is 0.0702. The van der Waals surface area contributed by atoms with Gasteiger partial charge < -0.3 is 14.2 Å². The fourth-order valence-electron chi connectivity index (χ4n) is 7.08. The standard InChI is InChI=1S/C49H92O6/c1-4-7-10-13-16-19-21-23-25-27-30-33-36-39-42-48(51)54-45-46(44-53-47(50)41-38-35-32-29-18-15-12-9-6-3)55-49(52)43-40-37-34-31-28-26-24-22-20-17-14-11-8-5-2/h25,27,46H,4-24,26,28-45H2,1-3H3/b27-25-. The molecule has 0 radical (unpaired) electrons. The van der Waals surface area contributed by atoms with E-state index in [0.717, 1.165) is 64.2 Å². The number of hydrogen-bond donors (Lipinski definition) is 0. The summed E-state index contributed by atoms with van der Waals surface area (Å²) in [4.78, 5) is 37.7. The Morgan fingerprint density at radius 2 is 0.600 bits per heavy atom. The van der Waals surface area contributed by atoms with Crippen LogP contribution in [0.15, 0.2) is 12.2 Å². The molecule has 0 fully saturated rings. The summed E-state index contributed by atoms with van der Waals surface area (Å²) in [5, 5.41) is 0. The zero-order valence-electron chi connectivity index (χ0n) is 37.0. The Morgan fingerprint density at radius 1 is 0.345 bits per heavy atom. The highest BCUT2D eigenvalue weighted by atomic mass is 16.6. The Hall–Kier alpha value is -1.85. The third kappa shape index (κ3) is 43.1. The number of carbonyl (C=O) groups is 3. The minimum Gasteiger partial charge on any atom is -0.462 e. The molecule has 0 aliphatic heterocycles. The van der Waals surface area contributed by atoms with Crippen molar-refractivity contribution in [1.29, 1.82) is 0 Å². The molecular formula is C49H92O6. The number of unbranched alkanes of at least 4 members (excludes halogenated alkanes) is 31. The molecule has 0 N–H and O–H groups in total. The van der Waals surface area contributed by atoms with Crippen LogP contribution in [0.3, 0.4) is 0 Å². The van der Waals surface area contributed by atoms with Crippen LogP contribution in [0.2, 0.25) is 0 Å². The number of ether oxygens (including phenoxy) is 3. The molecule has 0 aliphatic rings. The number of hydrogen-bond acceptors (Lipinski definition) is 6. The quantitative estimate of drug-likeness (QED) is 0.0265. The van der Waals surface area contributed by atoms with Gasteiger partial charge in [0, 0.05) is 19.3 Å². The van der Waals surface area contributed by atoms with Gasteiger partial charge in [0.1, 0.15) is 13.2 Å². The van der Waals surface area contributed by atoms with Crippen molar-refractivity contribution in [2.45, 2.75) is 271 Å². The second-order valence-electron chi connectivity index (χ2n) is 16.4. The maximum atomic E-state index is 12.7. The van der Waals surface area contributed by atoms with E-state index in [-0.39, 0.29) is 31.1 Å². The summed E-state index contributed by atoms with van der Waals surface area (Å²) in [6.45, 7) is 6.62. The maximum Gasteiger partial charge on any atom is 0.306 e. The molecule has 0 rings (SSSR count). The van der Waals surface area contributed by atoms with E-state index >= 15 is 0 Å². The van der Waals surface area contributed by atoms with Gasteiger partial charge in [-0.15, -0.1) is 0 Å². The lowest BCUT2D eigenvalue weighted by Crippen LogP contribution is -2.30. The second-order valence-corrected chi connectivity index (χ2v) is 16.4. The first kappa shape index (κ1) is 53.1. The summed E-state index contributed by atoms with van der Waals surface area (Å²) in [6.07, 6.45) is 47.6. The van der Waals surface area contributed by atoms with Crippen molar-refractivity contribution in [2.24, 2.45) is 0 Å². The van der Waals surface area contributed by atoms with Crippen molar-refractivity contribution in [3.05, 3.63) is 12.2 Å². The third-order valence-electron chi connectivity index (χ3n) is 10.8. The van der Waals surface area contributed by atoms with Crippen LogP contribution >= 0.6 is 0 Å². The normalized spacial score (nSPS) is 12.0. The van der Waals surface area contributed by atoms with Gasteiger partial charge in [-0.2, -0.15) is 0 Å². The van der Waals surface area contributed by atoms with E-state index in [1.807, 2.05) is 0 Å². The molecule has 0 heterocycles. The zero-order valence-corrected chi connectivity index (χ0v) is 37.0.